The molecule has 3 unspecified atom stereocenters. The van der Waals surface area contributed by atoms with Crippen LogP contribution in [0.3, 0.4) is 0 Å². The van der Waals surface area contributed by atoms with Crippen LogP contribution in [0.5, 0.6) is 0 Å². The minimum absolute atomic E-state index is 0.0175. The van der Waals surface area contributed by atoms with Crippen molar-refractivity contribution < 1.29 is 14.3 Å². The smallest absolute Gasteiger partial charge is 0.243 e. The molecule has 3 atom stereocenters. The van der Waals surface area contributed by atoms with Gasteiger partial charge in [0.25, 0.3) is 0 Å². The maximum Gasteiger partial charge on any atom is 0.243 e. The van der Waals surface area contributed by atoms with Gasteiger partial charge in [-0.25, -0.2) is 0 Å². The summed E-state index contributed by atoms with van der Waals surface area (Å²) in [5.74, 6) is 0.748. The Morgan fingerprint density at radius 3 is 2.63 bits per heavy atom. The van der Waals surface area contributed by atoms with E-state index < -0.39 is 0 Å². The lowest BCUT2D eigenvalue weighted by Crippen LogP contribution is -2.64. The van der Waals surface area contributed by atoms with Crippen LogP contribution >= 0.6 is 0 Å². The van der Waals surface area contributed by atoms with E-state index in [9.17, 15) is 9.59 Å². The van der Waals surface area contributed by atoms with Gasteiger partial charge in [0.15, 0.2) is 0 Å². The zero-order chi connectivity index (χ0) is 13.6. The summed E-state index contributed by atoms with van der Waals surface area (Å²) in [7, 11) is 0. The van der Waals surface area contributed by atoms with Crippen LogP contribution in [0.1, 0.15) is 33.1 Å². The lowest BCUT2D eigenvalue weighted by molar-refractivity contribution is -0.152. The van der Waals surface area contributed by atoms with Crippen molar-refractivity contribution in [3.63, 3.8) is 0 Å². The summed E-state index contributed by atoms with van der Waals surface area (Å²) in [5, 5.41) is 2.71. The van der Waals surface area contributed by atoms with E-state index in [0.717, 1.165) is 6.42 Å². The fourth-order valence-electron chi connectivity index (χ4n) is 3.43. The molecule has 0 spiro atoms. The van der Waals surface area contributed by atoms with Gasteiger partial charge in [-0.05, 0) is 31.1 Å². The summed E-state index contributed by atoms with van der Waals surface area (Å²) >= 11 is 0. The molecule has 106 valence electrons. The van der Waals surface area contributed by atoms with Gasteiger partial charge in [-0.3, -0.25) is 9.59 Å². The van der Waals surface area contributed by atoms with E-state index in [1.807, 2.05) is 18.7 Å². The predicted molar refractivity (Wildman–Crippen MR) is 69.4 cm³/mol. The maximum absolute atomic E-state index is 12.3. The molecule has 5 heteroatoms. The molecule has 0 bridgehead atoms. The Hall–Kier alpha value is -1.10. The van der Waals surface area contributed by atoms with Gasteiger partial charge < -0.3 is 15.0 Å². The Balaban J connectivity index is 1.85. The van der Waals surface area contributed by atoms with Crippen LogP contribution in [0, 0.1) is 11.8 Å². The third-order valence-corrected chi connectivity index (χ3v) is 4.45. The number of nitrogens with one attached hydrogen (secondary N) is 1. The highest BCUT2D eigenvalue weighted by atomic mass is 16.5. The van der Waals surface area contributed by atoms with Gasteiger partial charge in [-0.1, -0.05) is 13.8 Å². The monoisotopic (exact) mass is 266 g/mol. The number of amides is 2. The van der Waals surface area contributed by atoms with Crippen molar-refractivity contribution >= 4 is 11.8 Å². The maximum atomic E-state index is 12.3. The van der Waals surface area contributed by atoms with Gasteiger partial charge in [0.2, 0.25) is 11.8 Å². The molecule has 1 saturated carbocycles. The van der Waals surface area contributed by atoms with E-state index in [1.165, 1.54) is 12.8 Å². The second kappa shape index (κ2) is 4.78. The summed E-state index contributed by atoms with van der Waals surface area (Å²) in [6.07, 6.45) is 3.41. The van der Waals surface area contributed by atoms with E-state index in [4.69, 9.17) is 4.74 Å². The van der Waals surface area contributed by atoms with Gasteiger partial charge in [-0.15, -0.1) is 0 Å². The molecule has 3 rings (SSSR count). The quantitative estimate of drug-likeness (QED) is 0.811. The minimum Gasteiger partial charge on any atom is -0.376 e. The van der Waals surface area contributed by atoms with E-state index in [-0.39, 0.29) is 42.5 Å². The van der Waals surface area contributed by atoms with Crippen molar-refractivity contribution in [3.05, 3.63) is 0 Å². The standard InChI is InChI=1S/C14H22N2O3/c1-8(2)12-14(18)15-7-11(17)16(12)10-5-6-19-13(10)9-3-4-9/h8-10,12-13H,3-7H2,1-2H3,(H,15,18). The van der Waals surface area contributed by atoms with Crippen LogP contribution < -0.4 is 5.32 Å². The second-order valence-corrected chi connectivity index (χ2v) is 6.24. The fourth-order valence-corrected chi connectivity index (χ4v) is 3.43. The number of rotatable bonds is 3. The summed E-state index contributed by atoms with van der Waals surface area (Å²) in [6, 6.07) is -0.243. The average molecular weight is 266 g/mol. The van der Waals surface area contributed by atoms with Crippen LogP contribution in [0.15, 0.2) is 0 Å². The van der Waals surface area contributed by atoms with Crippen LogP contribution in [0.2, 0.25) is 0 Å². The Bertz CT molecular complexity index is 392. The molecule has 0 radical (unpaired) electrons. The third kappa shape index (κ3) is 2.24. The van der Waals surface area contributed by atoms with Gasteiger partial charge >= 0.3 is 0 Å². The van der Waals surface area contributed by atoms with Crippen molar-refractivity contribution in [2.45, 2.75) is 51.3 Å². The lowest BCUT2D eigenvalue weighted by atomic mass is 9.94. The zero-order valence-electron chi connectivity index (χ0n) is 11.6. The molecule has 0 aromatic heterocycles. The number of carbonyl (C=O) groups excluding carboxylic acids is 2. The van der Waals surface area contributed by atoms with Crippen LogP contribution in [0.4, 0.5) is 0 Å². The fraction of sp³-hybridized carbons (Fsp3) is 0.857. The van der Waals surface area contributed by atoms with Gasteiger partial charge in [0.1, 0.15) is 6.04 Å². The van der Waals surface area contributed by atoms with Gasteiger partial charge in [0, 0.05) is 6.61 Å². The van der Waals surface area contributed by atoms with Crippen LogP contribution in [0.25, 0.3) is 0 Å². The molecule has 19 heavy (non-hydrogen) atoms. The van der Waals surface area contributed by atoms with E-state index >= 15 is 0 Å². The molecule has 3 aliphatic rings. The SMILES string of the molecule is CC(C)C1C(=O)NCC(=O)N1C1CCOC1C1CC1. The number of piperazine rings is 1. The Morgan fingerprint density at radius 1 is 1.26 bits per heavy atom. The highest BCUT2D eigenvalue weighted by Crippen LogP contribution is 2.41. The number of hydrogen-bond donors (Lipinski definition) is 1. The number of carbonyl (C=O) groups is 2. The largest absolute Gasteiger partial charge is 0.376 e. The summed E-state index contributed by atoms with van der Waals surface area (Å²) in [4.78, 5) is 26.2. The molecule has 1 aliphatic carbocycles. The molecular weight excluding hydrogens is 244 g/mol. The molecule has 0 aromatic rings. The Kier molecular flexibility index (Phi) is 3.25. The van der Waals surface area contributed by atoms with E-state index in [1.54, 1.807) is 0 Å². The highest BCUT2D eigenvalue weighted by Gasteiger charge is 2.49. The van der Waals surface area contributed by atoms with Crippen LogP contribution in [-0.4, -0.2) is 48.1 Å². The first-order valence-corrected chi connectivity index (χ1v) is 7.30. The number of ether oxygens (including phenoxy) is 1. The molecule has 0 aromatic carbocycles. The number of hydrogen-bond acceptors (Lipinski definition) is 3. The molecule has 2 heterocycles. The summed E-state index contributed by atoms with van der Waals surface area (Å²) < 4.78 is 5.83. The van der Waals surface area contributed by atoms with Gasteiger partial charge in [0.05, 0.1) is 18.7 Å². The Labute approximate surface area is 113 Å². The first kappa shape index (κ1) is 12.9. The molecule has 2 amide bonds. The molecule has 1 N–H and O–H groups in total. The first-order chi connectivity index (χ1) is 9.09. The Morgan fingerprint density at radius 2 is 2.00 bits per heavy atom. The molecular formula is C14H22N2O3. The van der Waals surface area contributed by atoms with Crippen molar-refractivity contribution in [1.82, 2.24) is 10.2 Å². The highest BCUT2D eigenvalue weighted by molar-refractivity contribution is 5.95. The molecule has 2 aliphatic heterocycles. The zero-order valence-corrected chi connectivity index (χ0v) is 11.6. The van der Waals surface area contributed by atoms with Crippen molar-refractivity contribution in [3.8, 4) is 0 Å². The summed E-state index contributed by atoms with van der Waals surface area (Å²) in [5.41, 5.74) is 0. The van der Waals surface area contributed by atoms with Crippen molar-refractivity contribution in [1.29, 1.82) is 0 Å². The molecule has 2 saturated heterocycles. The molecule has 3 fully saturated rings. The van der Waals surface area contributed by atoms with Crippen LogP contribution in [-0.2, 0) is 14.3 Å². The third-order valence-electron chi connectivity index (χ3n) is 4.45. The van der Waals surface area contributed by atoms with E-state index in [0.29, 0.717) is 12.5 Å². The second-order valence-electron chi connectivity index (χ2n) is 6.24. The average Bonchev–Trinajstić information content (AvgIpc) is 3.10. The van der Waals surface area contributed by atoms with Crippen molar-refractivity contribution in [2.75, 3.05) is 13.2 Å². The summed E-state index contributed by atoms with van der Waals surface area (Å²) in [6.45, 7) is 4.84. The molecule has 5 nitrogen and oxygen atoms in total. The topological polar surface area (TPSA) is 58.6 Å². The predicted octanol–water partition coefficient (Wildman–Crippen LogP) is 0.537. The first-order valence-electron chi connectivity index (χ1n) is 7.30. The lowest BCUT2D eigenvalue weighted by Gasteiger charge is -2.42. The minimum atomic E-state index is -0.339. The number of nitrogens with zero attached hydrogens (tertiary/aromatic N) is 1. The normalized spacial score (nSPS) is 35.9. The van der Waals surface area contributed by atoms with Gasteiger partial charge in [-0.2, -0.15) is 0 Å². The van der Waals surface area contributed by atoms with E-state index in [2.05, 4.69) is 5.32 Å². The van der Waals surface area contributed by atoms with Crippen molar-refractivity contribution in [2.24, 2.45) is 11.8 Å².